The van der Waals surface area contributed by atoms with Crippen LogP contribution in [0.25, 0.3) is 0 Å². The molecule has 4 nitrogen and oxygen atoms in total. The predicted octanol–water partition coefficient (Wildman–Crippen LogP) is 1.97. The van der Waals surface area contributed by atoms with Gasteiger partial charge < -0.3 is 0 Å². The molecule has 0 saturated carbocycles. The zero-order valence-corrected chi connectivity index (χ0v) is 8.46. The lowest BCUT2D eigenvalue weighted by atomic mass is 10.4. The highest BCUT2D eigenvalue weighted by Crippen LogP contribution is 2.35. The van der Waals surface area contributed by atoms with Crippen molar-refractivity contribution in [3.63, 3.8) is 0 Å². The fraction of sp³-hybridized carbons (Fsp3) is 0.429. The first-order valence-corrected chi connectivity index (χ1v) is 4.77. The standard InChI is InChI=1S/C7H7F3N4S/c1-2-12-14-6-13-5(7(8,9)10)4(3-11)15-6/h12H,2H2,1H3,(H,13,14). The minimum atomic E-state index is -4.59. The van der Waals surface area contributed by atoms with E-state index in [0.29, 0.717) is 17.9 Å². The molecular formula is C7H7F3N4S. The molecule has 1 rings (SSSR count). The molecule has 8 heteroatoms. The summed E-state index contributed by atoms with van der Waals surface area (Å²) in [5.41, 5.74) is 3.93. The summed E-state index contributed by atoms with van der Waals surface area (Å²) < 4.78 is 36.9. The van der Waals surface area contributed by atoms with Crippen molar-refractivity contribution in [2.24, 2.45) is 0 Å². The summed E-state index contributed by atoms with van der Waals surface area (Å²) in [7, 11) is 0. The summed E-state index contributed by atoms with van der Waals surface area (Å²) in [6.07, 6.45) is -4.59. The van der Waals surface area contributed by atoms with Gasteiger partial charge in [-0.05, 0) is 0 Å². The Hall–Kier alpha value is -1.33. The SMILES string of the molecule is CCNNc1nc(C(F)(F)F)c(C#N)s1. The lowest BCUT2D eigenvalue weighted by Gasteiger charge is -2.02. The van der Waals surface area contributed by atoms with Gasteiger partial charge in [0, 0.05) is 6.54 Å². The van der Waals surface area contributed by atoms with E-state index < -0.39 is 16.7 Å². The number of anilines is 1. The minimum Gasteiger partial charge on any atom is -0.297 e. The van der Waals surface area contributed by atoms with Gasteiger partial charge in [-0.25, -0.2) is 10.4 Å². The van der Waals surface area contributed by atoms with Gasteiger partial charge in [0.15, 0.2) is 10.8 Å². The molecule has 1 heterocycles. The van der Waals surface area contributed by atoms with E-state index >= 15 is 0 Å². The molecule has 82 valence electrons. The minimum absolute atomic E-state index is 0.0284. The van der Waals surface area contributed by atoms with Crippen molar-refractivity contribution in [3.8, 4) is 6.07 Å². The van der Waals surface area contributed by atoms with Crippen LogP contribution in [0.4, 0.5) is 18.3 Å². The number of hydrazine groups is 1. The number of nitrogens with one attached hydrogen (secondary N) is 2. The molecule has 0 saturated heterocycles. The molecule has 0 atom stereocenters. The van der Waals surface area contributed by atoms with E-state index in [4.69, 9.17) is 5.26 Å². The molecule has 1 aromatic heterocycles. The first-order chi connectivity index (χ1) is 6.99. The first-order valence-electron chi connectivity index (χ1n) is 3.96. The second kappa shape index (κ2) is 4.46. The smallest absolute Gasteiger partial charge is 0.297 e. The van der Waals surface area contributed by atoms with Crippen LogP contribution in [0.15, 0.2) is 0 Å². The first kappa shape index (κ1) is 11.7. The van der Waals surface area contributed by atoms with E-state index in [9.17, 15) is 13.2 Å². The molecule has 2 N–H and O–H groups in total. The van der Waals surface area contributed by atoms with Gasteiger partial charge in [0.05, 0.1) is 0 Å². The lowest BCUT2D eigenvalue weighted by molar-refractivity contribution is -0.140. The molecule has 0 aliphatic carbocycles. The molecule has 0 bridgehead atoms. The Labute approximate surface area is 87.7 Å². The number of halogens is 3. The normalized spacial score (nSPS) is 11.1. The summed E-state index contributed by atoms with van der Waals surface area (Å²) in [6, 6.07) is 1.47. The predicted molar refractivity (Wildman–Crippen MR) is 49.1 cm³/mol. The van der Waals surface area contributed by atoms with E-state index in [1.165, 1.54) is 6.07 Å². The zero-order valence-electron chi connectivity index (χ0n) is 7.64. The largest absolute Gasteiger partial charge is 0.435 e. The average Bonchev–Trinajstić information content (AvgIpc) is 2.57. The third kappa shape index (κ3) is 2.81. The van der Waals surface area contributed by atoms with Crippen molar-refractivity contribution in [1.82, 2.24) is 10.4 Å². The van der Waals surface area contributed by atoms with Crippen molar-refractivity contribution >= 4 is 16.5 Å². The molecule has 0 aromatic carbocycles. The van der Waals surface area contributed by atoms with E-state index in [1.54, 1.807) is 6.92 Å². The van der Waals surface area contributed by atoms with Gasteiger partial charge in [0.2, 0.25) is 0 Å². The van der Waals surface area contributed by atoms with E-state index in [-0.39, 0.29) is 5.13 Å². The number of nitriles is 1. The number of nitrogens with zero attached hydrogens (tertiary/aromatic N) is 2. The van der Waals surface area contributed by atoms with Gasteiger partial charge >= 0.3 is 6.18 Å². The van der Waals surface area contributed by atoms with Crippen LogP contribution in [0.2, 0.25) is 0 Å². The quantitative estimate of drug-likeness (QED) is 0.788. The molecule has 0 aliphatic heterocycles. The Balaban J connectivity index is 2.97. The molecule has 0 fully saturated rings. The van der Waals surface area contributed by atoms with Gasteiger partial charge in [0.25, 0.3) is 0 Å². The maximum atomic E-state index is 12.3. The maximum Gasteiger partial charge on any atom is 0.435 e. The second-order valence-corrected chi connectivity index (χ2v) is 3.46. The van der Waals surface area contributed by atoms with Crippen LogP contribution < -0.4 is 10.9 Å². The highest BCUT2D eigenvalue weighted by Gasteiger charge is 2.37. The van der Waals surface area contributed by atoms with Crippen molar-refractivity contribution in [1.29, 1.82) is 5.26 Å². The second-order valence-electron chi connectivity index (χ2n) is 2.46. The molecule has 1 aromatic rings. The molecule has 0 unspecified atom stereocenters. The summed E-state index contributed by atoms with van der Waals surface area (Å²) in [4.78, 5) is 2.85. The van der Waals surface area contributed by atoms with E-state index in [0.717, 1.165) is 0 Å². The van der Waals surface area contributed by atoms with Gasteiger partial charge in [0.1, 0.15) is 10.9 Å². The maximum absolute atomic E-state index is 12.3. The molecule has 0 amide bonds. The summed E-state index contributed by atoms with van der Waals surface area (Å²) in [5, 5.41) is 8.52. The molecule has 15 heavy (non-hydrogen) atoms. The van der Waals surface area contributed by atoms with Crippen LogP contribution in [0, 0.1) is 11.3 Å². The summed E-state index contributed by atoms with van der Waals surface area (Å²) in [5.74, 6) is 0. The third-order valence-corrected chi connectivity index (χ3v) is 2.24. The molecule has 0 radical (unpaired) electrons. The van der Waals surface area contributed by atoms with E-state index in [1.807, 2.05) is 0 Å². The van der Waals surface area contributed by atoms with E-state index in [2.05, 4.69) is 15.8 Å². The monoisotopic (exact) mass is 236 g/mol. The van der Waals surface area contributed by atoms with Crippen LogP contribution >= 0.6 is 11.3 Å². The number of thiazole rings is 1. The Morgan fingerprint density at radius 3 is 2.60 bits per heavy atom. The van der Waals surface area contributed by atoms with Crippen molar-refractivity contribution < 1.29 is 13.2 Å². The van der Waals surface area contributed by atoms with Crippen molar-refractivity contribution in [2.45, 2.75) is 13.1 Å². The molecule has 0 spiro atoms. The fourth-order valence-electron chi connectivity index (χ4n) is 0.806. The highest BCUT2D eigenvalue weighted by molar-refractivity contribution is 7.16. The van der Waals surface area contributed by atoms with Crippen LogP contribution in [-0.4, -0.2) is 11.5 Å². The topological polar surface area (TPSA) is 60.7 Å². The Morgan fingerprint density at radius 2 is 2.20 bits per heavy atom. The number of hydrogen-bond donors (Lipinski definition) is 2. The summed E-state index contributed by atoms with van der Waals surface area (Å²) >= 11 is 0.660. The van der Waals surface area contributed by atoms with Gasteiger partial charge in [-0.15, -0.1) is 0 Å². The van der Waals surface area contributed by atoms with Gasteiger partial charge in [-0.3, -0.25) is 5.43 Å². The fourth-order valence-corrected chi connectivity index (χ4v) is 1.56. The molecular weight excluding hydrogens is 229 g/mol. The lowest BCUT2D eigenvalue weighted by Crippen LogP contribution is -2.20. The zero-order chi connectivity index (χ0) is 11.5. The van der Waals surface area contributed by atoms with Crippen LogP contribution in [-0.2, 0) is 6.18 Å². The molecule has 0 aliphatic rings. The highest BCUT2D eigenvalue weighted by atomic mass is 32.1. The van der Waals surface area contributed by atoms with Crippen LogP contribution in [0.5, 0.6) is 0 Å². The Bertz CT molecular complexity index is 379. The van der Waals surface area contributed by atoms with Crippen LogP contribution in [0.1, 0.15) is 17.5 Å². The van der Waals surface area contributed by atoms with Crippen molar-refractivity contribution in [3.05, 3.63) is 10.6 Å². The number of rotatable bonds is 3. The Morgan fingerprint density at radius 1 is 1.53 bits per heavy atom. The number of hydrogen-bond acceptors (Lipinski definition) is 5. The van der Waals surface area contributed by atoms with Gasteiger partial charge in [-0.1, -0.05) is 18.3 Å². The Kier molecular flexibility index (Phi) is 3.49. The average molecular weight is 236 g/mol. The summed E-state index contributed by atoms with van der Waals surface area (Å²) in [6.45, 7) is 2.30. The van der Waals surface area contributed by atoms with Gasteiger partial charge in [-0.2, -0.15) is 18.4 Å². The van der Waals surface area contributed by atoms with Crippen molar-refractivity contribution in [2.75, 3.05) is 12.0 Å². The number of aromatic nitrogens is 1. The van der Waals surface area contributed by atoms with Crippen LogP contribution in [0.3, 0.4) is 0 Å². The third-order valence-electron chi connectivity index (χ3n) is 1.37. The number of alkyl halides is 3.